The molecule has 1 amide bonds. The molecular formula is C21H31N5O6S. The number of ether oxygens (including phenoxy) is 3. The van der Waals surface area contributed by atoms with Crippen LogP contribution in [0.15, 0.2) is 24.3 Å². The van der Waals surface area contributed by atoms with Gasteiger partial charge in [-0.05, 0) is 24.3 Å². The van der Waals surface area contributed by atoms with Crippen LogP contribution in [0.25, 0.3) is 0 Å². The average Bonchev–Trinajstić information content (AvgIpc) is 2.75. The number of nitriles is 1. The van der Waals surface area contributed by atoms with Crippen LogP contribution in [-0.4, -0.2) is 113 Å². The number of hydrogen-bond acceptors (Lipinski definition) is 9. The third-order valence-electron chi connectivity index (χ3n) is 5.61. The molecule has 0 aliphatic carbocycles. The summed E-state index contributed by atoms with van der Waals surface area (Å²) in [4.78, 5) is 15.2. The molecule has 0 saturated carbocycles. The summed E-state index contributed by atoms with van der Waals surface area (Å²) in [5, 5.41) is 8.85. The Kier molecular flexibility index (Phi) is 8.87. The van der Waals surface area contributed by atoms with E-state index < -0.39 is 16.1 Å². The van der Waals surface area contributed by atoms with Crippen LogP contribution in [0.5, 0.6) is 5.75 Å². The van der Waals surface area contributed by atoms with E-state index in [-0.39, 0.29) is 32.0 Å². The van der Waals surface area contributed by atoms with E-state index in [1.807, 2.05) is 6.07 Å². The predicted molar refractivity (Wildman–Crippen MR) is 120 cm³/mol. The molecule has 1 aromatic rings. The summed E-state index contributed by atoms with van der Waals surface area (Å²) >= 11 is 0. The van der Waals surface area contributed by atoms with E-state index in [9.17, 15) is 13.2 Å². The minimum atomic E-state index is -3.38. The Bertz CT molecular complexity index is 921. The summed E-state index contributed by atoms with van der Waals surface area (Å²) in [6.07, 6.45) is 0.483. The first-order chi connectivity index (χ1) is 15.7. The maximum Gasteiger partial charge on any atom is 0.404 e. The molecule has 1 aromatic carbocycles. The number of carbonyl (C=O) groups excluding carboxylic acids is 1. The molecule has 33 heavy (non-hydrogen) atoms. The number of rotatable bonds is 11. The molecule has 0 spiro atoms. The highest BCUT2D eigenvalue weighted by Gasteiger charge is 2.35. The van der Waals surface area contributed by atoms with Crippen LogP contribution in [0.4, 0.5) is 4.79 Å². The number of fused-ring (bicyclic) bond motifs is 2. The highest BCUT2D eigenvalue weighted by Crippen LogP contribution is 2.19. The minimum absolute atomic E-state index is 0.0254. The van der Waals surface area contributed by atoms with Crippen LogP contribution >= 0.6 is 0 Å². The van der Waals surface area contributed by atoms with E-state index in [2.05, 4.69) is 9.80 Å². The number of hydrogen-bond donors (Lipinski definition) is 1. The Hall–Kier alpha value is -2.43. The molecule has 12 heteroatoms. The maximum absolute atomic E-state index is 12.3. The molecule has 11 nitrogen and oxygen atoms in total. The first-order valence-electron chi connectivity index (χ1n) is 10.8. The molecule has 2 unspecified atom stereocenters. The van der Waals surface area contributed by atoms with Crippen molar-refractivity contribution in [2.75, 3.05) is 71.8 Å². The third-order valence-corrected chi connectivity index (χ3v) is 6.91. The van der Waals surface area contributed by atoms with Gasteiger partial charge in [-0.3, -0.25) is 9.80 Å². The molecule has 2 bridgehead atoms. The molecule has 2 N–H and O–H groups in total. The SMILES string of the molecule is CS(=O)(=O)N(CCOc1ccc(C#N)cc1)CCN1CC2CN(CCOC(N)=O)CC(C1)O2. The number of morpholine rings is 2. The Morgan fingerprint density at radius 3 is 2.27 bits per heavy atom. The van der Waals surface area contributed by atoms with E-state index in [0.717, 1.165) is 13.1 Å². The maximum atomic E-state index is 12.3. The third kappa shape index (κ3) is 8.13. The van der Waals surface area contributed by atoms with Gasteiger partial charge in [-0.1, -0.05) is 0 Å². The Labute approximate surface area is 194 Å². The summed E-state index contributed by atoms with van der Waals surface area (Å²) in [6, 6.07) is 8.75. The predicted octanol–water partition coefficient (Wildman–Crippen LogP) is -0.321. The van der Waals surface area contributed by atoms with Crippen molar-refractivity contribution < 1.29 is 27.4 Å². The lowest BCUT2D eigenvalue weighted by Gasteiger charge is -2.46. The highest BCUT2D eigenvalue weighted by molar-refractivity contribution is 7.88. The van der Waals surface area contributed by atoms with Crippen LogP contribution in [0.2, 0.25) is 0 Å². The van der Waals surface area contributed by atoms with Gasteiger partial charge in [0.25, 0.3) is 0 Å². The van der Waals surface area contributed by atoms with E-state index in [0.29, 0.717) is 44.0 Å². The molecule has 2 heterocycles. The fraction of sp³-hybridized carbons (Fsp3) is 0.619. The lowest BCUT2D eigenvalue weighted by atomic mass is 10.1. The van der Waals surface area contributed by atoms with Crippen molar-refractivity contribution in [2.24, 2.45) is 5.73 Å². The van der Waals surface area contributed by atoms with Crippen molar-refractivity contribution in [2.45, 2.75) is 12.2 Å². The molecular weight excluding hydrogens is 450 g/mol. The zero-order valence-electron chi connectivity index (χ0n) is 18.8. The number of nitrogens with zero attached hydrogens (tertiary/aromatic N) is 4. The van der Waals surface area contributed by atoms with Gasteiger partial charge in [0.05, 0.1) is 30.1 Å². The van der Waals surface area contributed by atoms with Crippen LogP contribution in [0.1, 0.15) is 5.56 Å². The quantitative estimate of drug-likeness (QED) is 0.450. The summed E-state index contributed by atoms with van der Waals surface area (Å²) in [5.41, 5.74) is 5.54. The number of amides is 1. The monoisotopic (exact) mass is 481 g/mol. The van der Waals surface area contributed by atoms with Gasteiger partial charge < -0.3 is 19.9 Å². The lowest BCUT2D eigenvalue weighted by Crippen LogP contribution is -2.60. The number of benzene rings is 1. The smallest absolute Gasteiger partial charge is 0.404 e. The van der Waals surface area contributed by atoms with Gasteiger partial charge in [0, 0.05) is 52.4 Å². The first kappa shape index (κ1) is 25.2. The molecule has 2 atom stereocenters. The molecule has 2 aliphatic heterocycles. The van der Waals surface area contributed by atoms with Crippen molar-refractivity contribution >= 4 is 16.1 Å². The van der Waals surface area contributed by atoms with Crippen LogP contribution in [-0.2, 0) is 19.5 Å². The molecule has 2 saturated heterocycles. The van der Waals surface area contributed by atoms with Gasteiger partial charge in [0.1, 0.15) is 19.0 Å². The second-order valence-electron chi connectivity index (χ2n) is 8.21. The first-order valence-corrected chi connectivity index (χ1v) is 12.7. The van der Waals surface area contributed by atoms with E-state index in [4.69, 9.17) is 25.2 Å². The van der Waals surface area contributed by atoms with Crippen molar-refractivity contribution in [3.8, 4) is 11.8 Å². The van der Waals surface area contributed by atoms with Crippen molar-refractivity contribution in [1.82, 2.24) is 14.1 Å². The number of carbonyl (C=O) groups is 1. The van der Waals surface area contributed by atoms with Crippen molar-refractivity contribution in [3.05, 3.63) is 29.8 Å². The average molecular weight is 482 g/mol. The normalized spacial score (nSPS) is 21.5. The van der Waals surface area contributed by atoms with Crippen LogP contribution < -0.4 is 10.5 Å². The molecule has 2 aliphatic rings. The Balaban J connectivity index is 1.43. The molecule has 0 aromatic heterocycles. The van der Waals surface area contributed by atoms with Crippen LogP contribution in [0, 0.1) is 11.3 Å². The van der Waals surface area contributed by atoms with Gasteiger partial charge in [-0.2, -0.15) is 9.57 Å². The summed E-state index contributed by atoms with van der Waals surface area (Å²) in [7, 11) is -3.38. The van der Waals surface area contributed by atoms with Crippen LogP contribution in [0.3, 0.4) is 0 Å². The van der Waals surface area contributed by atoms with Crippen molar-refractivity contribution in [3.63, 3.8) is 0 Å². The topological polar surface area (TPSA) is 138 Å². The fourth-order valence-electron chi connectivity index (χ4n) is 4.09. The van der Waals surface area contributed by atoms with E-state index >= 15 is 0 Å². The van der Waals surface area contributed by atoms with Crippen molar-refractivity contribution in [1.29, 1.82) is 5.26 Å². The lowest BCUT2D eigenvalue weighted by molar-refractivity contribution is -0.139. The van der Waals surface area contributed by atoms with E-state index in [1.165, 1.54) is 10.6 Å². The largest absolute Gasteiger partial charge is 0.492 e. The summed E-state index contributed by atoms with van der Waals surface area (Å²) in [5.74, 6) is 0.592. The standard InChI is InChI=1S/C21H31N5O6S/c1-33(28,29)26(9-11-30-18-4-2-17(12-22)3-5-18)7-6-24-13-19-15-25(8-10-31-21(23)27)16-20(14-24)32-19/h2-5,19-20H,6-11,13-16H2,1H3,(H2,23,27). The number of primary amides is 1. The summed E-state index contributed by atoms with van der Waals surface area (Å²) < 4.78 is 42.4. The zero-order valence-corrected chi connectivity index (χ0v) is 19.6. The molecule has 3 rings (SSSR count). The summed E-state index contributed by atoms with van der Waals surface area (Å²) in [6.45, 7) is 5.17. The molecule has 2 fully saturated rings. The number of sulfonamides is 1. The molecule has 182 valence electrons. The zero-order chi connectivity index (χ0) is 23.8. The Morgan fingerprint density at radius 2 is 1.73 bits per heavy atom. The van der Waals surface area contributed by atoms with E-state index in [1.54, 1.807) is 24.3 Å². The van der Waals surface area contributed by atoms with Gasteiger partial charge in [0.15, 0.2) is 0 Å². The second-order valence-corrected chi connectivity index (χ2v) is 10.2. The second kappa shape index (κ2) is 11.6. The van der Waals surface area contributed by atoms with Gasteiger partial charge in [-0.25, -0.2) is 13.2 Å². The Morgan fingerprint density at radius 1 is 1.12 bits per heavy atom. The van der Waals surface area contributed by atoms with Gasteiger partial charge >= 0.3 is 6.09 Å². The molecule has 0 radical (unpaired) electrons. The highest BCUT2D eigenvalue weighted by atomic mass is 32.2. The number of nitrogens with two attached hydrogens (primary N) is 1. The van der Waals surface area contributed by atoms with Gasteiger partial charge in [-0.15, -0.1) is 0 Å². The minimum Gasteiger partial charge on any atom is -0.492 e. The fourth-order valence-corrected chi connectivity index (χ4v) is 4.91. The van der Waals surface area contributed by atoms with Gasteiger partial charge in [0.2, 0.25) is 10.0 Å².